The predicted octanol–water partition coefficient (Wildman–Crippen LogP) is 7.89. The van der Waals surface area contributed by atoms with Crippen molar-refractivity contribution in [1.82, 2.24) is 29.3 Å². The zero-order chi connectivity index (χ0) is 27.2. The molecule has 0 aliphatic heterocycles. The van der Waals surface area contributed by atoms with Crippen molar-refractivity contribution in [3.8, 4) is 44.9 Å². The lowest BCUT2D eigenvalue weighted by Gasteiger charge is -2.11. The first kappa shape index (κ1) is 23.2. The number of aromatic nitrogens is 6. The van der Waals surface area contributed by atoms with E-state index in [-0.39, 0.29) is 0 Å². The Morgan fingerprint density at radius 1 is 0.512 bits per heavy atom. The molecular weight excluding hydrogens is 504 g/mol. The molecule has 0 atom stereocenters. The molecule has 2 aromatic carbocycles. The minimum Gasteiger partial charge on any atom is -0.298 e. The first-order valence-corrected chi connectivity index (χ1v) is 13.4. The van der Waals surface area contributed by atoms with Gasteiger partial charge >= 0.3 is 0 Å². The third-order valence-corrected chi connectivity index (χ3v) is 7.38. The van der Waals surface area contributed by atoms with Gasteiger partial charge in [-0.05, 0) is 65.7 Å². The van der Waals surface area contributed by atoms with Gasteiger partial charge in [0.25, 0.3) is 0 Å². The number of imidazole rings is 1. The molecule has 0 fully saturated rings. The van der Waals surface area contributed by atoms with Crippen molar-refractivity contribution in [2.75, 3.05) is 0 Å². The summed E-state index contributed by atoms with van der Waals surface area (Å²) in [6.45, 7) is 0. The Hall–Kier alpha value is -5.75. The summed E-state index contributed by atoms with van der Waals surface area (Å²) in [5.74, 6) is 0. The summed E-state index contributed by atoms with van der Waals surface area (Å²) < 4.78 is 2.13. The quantitative estimate of drug-likeness (QED) is 0.233. The molecule has 192 valence electrons. The Kier molecular flexibility index (Phi) is 5.35. The van der Waals surface area contributed by atoms with Gasteiger partial charge in [0.1, 0.15) is 11.2 Å². The first-order chi connectivity index (χ1) is 20.3. The fraction of sp³-hybridized carbons (Fsp3) is 0. The van der Waals surface area contributed by atoms with Gasteiger partial charge in [-0.25, -0.2) is 15.0 Å². The summed E-state index contributed by atoms with van der Waals surface area (Å²) in [5.41, 5.74) is 11.5. The van der Waals surface area contributed by atoms with E-state index in [1.807, 2.05) is 73.1 Å². The number of para-hydroxylation sites is 1. The molecule has 0 unspecified atom stereocenters. The van der Waals surface area contributed by atoms with Crippen LogP contribution in [0, 0.1) is 0 Å². The van der Waals surface area contributed by atoms with Crippen LogP contribution in [-0.4, -0.2) is 29.3 Å². The van der Waals surface area contributed by atoms with Gasteiger partial charge in [-0.1, -0.05) is 48.5 Å². The van der Waals surface area contributed by atoms with Crippen molar-refractivity contribution in [1.29, 1.82) is 0 Å². The minimum atomic E-state index is 0.863. The zero-order valence-corrected chi connectivity index (χ0v) is 21.9. The van der Waals surface area contributed by atoms with E-state index in [1.54, 1.807) is 12.4 Å². The molecule has 6 heterocycles. The third kappa shape index (κ3) is 4.01. The molecule has 41 heavy (non-hydrogen) atoms. The summed E-state index contributed by atoms with van der Waals surface area (Å²) in [5, 5.41) is 1.05. The number of hydrogen-bond donors (Lipinski definition) is 0. The van der Waals surface area contributed by atoms with Crippen molar-refractivity contribution in [2.24, 2.45) is 0 Å². The van der Waals surface area contributed by atoms with Crippen molar-refractivity contribution in [3.63, 3.8) is 0 Å². The Labute approximate surface area is 235 Å². The number of pyridine rings is 5. The van der Waals surface area contributed by atoms with Gasteiger partial charge in [-0.15, -0.1) is 0 Å². The van der Waals surface area contributed by atoms with Crippen LogP contribution in [0.3, 0.4) is 0 Å². The van der Waals surface area contributed by atoms with Crippen molar-refractivity contribution < 1.29 is 0 Å². The van der Waals surface area contributed by atoms with Crippen LogP contribution >= 0.6 is 0 Å². The lowest BCUT2D eigenvalue weighted by Crippen LogP contribution is -1.93. The largest absolute Gasteiger partial charge is 0.298 e. The minimum absolute atomic E-state index is 0.863. The van der Waals surface area contributed by atoms with Crippen LogP contribution in [0.25, 0.3) is 72.5 Å². The maximum atomic E-state index is 5.12. The highest BCUT2D eigenvalue weighted by atomic mass is 15.0. The van der Waals surface area contributed by atoms with E-state index in [0.29, 0.717) is 0 Å². The predicted molar refractivity (Wildman–Crippen MR) is 163 cm³/mol. The lowest BCUT2D eigenvalue weighted by atomic mass is 9.99. The number of benzene rings is 2. The van der Waals surface area contributed by atoms with Gasteiger partial charge in [0.05, 0.1) is 28.1 Å². The normalized spacial score (nSPS) is 11.4. The molecule has 6 nitrogen and oxygen atoms in total. The smallest absolute Gasteiger partial charge is 0.137 e. The monoisotopic (exact) mass is 526 g/mol. The molecule has 6 heteroatoms. The fourth-order valence-corrected chi connectivity index (χ4v) is 5.40. The average molecular weight is 527 g/mol. The standard InChI is InChI=1S/C35H22N6/c1-2-10-29-28(9-1)34-35(41-18-4-3-11-32(41)40-34)33(39-29)24-14-12-23(13-15-24)27-19-30(25-7-5-16-36-21-25)38-31(20-27)26-8-6-17-37-22-26/h1-22H. The zero-order valence-electron chi connectivity index (χ0n) is 21.9. The highest BCUT2D eigenvalue weighted by Crippen LogP contribution is 2.35. The maximum Gasteiger partial charge on any atom is 0.137 e. The summed E-state index contributed by atoms with van der Waals surface area (Å²) in [4.78, 5) is 23.7. The maximum absolute atomic E-state index is 5.12. The van der Waals surface area contributed by atoms with Crippen LogP contribution in [-0.2, 0) is 0 Å². The molecule has 0 aliphatic carbocycles. The van der Waals surface area contributed by atoms with E-state index >= 15 is 0 Å². The van der Waals surface area contributed by atoms with Crippen molar-refractivity contribution >= 4 is 27.6 Å². The van der Waals surface area contributed by atoms with E-state index < -0.39 is 0 Å². The van der Waals surface area contributed by atoms with Gasteiger partial charge in [-0.3, -0.25) is 14.4 Å². The summed E-state index contributed by atoms with van der Waals surface area (Å²) >= 11 is 0. The third-order valence-electron chi connectivity index (χ3n) is 7.38. The van der Waals surface area contributed by atoms with Gasteiger partial charge in [-0.2, -0.15) is 0 Å². The van der Waals surface area contributed by atoms with E-state index in [9.17, 15) is 0 Å². The second-order valence-corrected chi connectivity index (χ2v) is 9.90. The van der Waals surface area contributed by atoms with Crippen molar-refractivity contribution in [3.05, 3.63) is 134 Å². The Bertz CT molecular complexity index is 2130. The molecule has 0 saturated heterocycles. The number of hydrogen-bond acceptors (Lipinski definition) is 5. The molecule has 0 saturated carbocycles. The molecule has 0 aliphatic rings. The second-order valence-electron chi connectivity index (χ2n) is 9.90. The Morgan fingerprint density at radius 3 is 1.90 bits per heavy atom. The van der Waals surface area contributed by atoms with Gasteiger partial charge in [0.15, 0.2) is 0 Å². The highest BCUT2D eigenvalue weighted by molar-refractivity contribution is 6.09. The molecule has 0 radical (unpaired) electrons. The van der Waals surface area contributed by atoms with E-state index in [2.05, 4.69) is 63.0 Å². The summed E-state index contributed by atoms with van der Waals surface area (Å²) in [7, 11) is 0. The number of fused-ring (bicyclic) bond motifs is 5. The Morgan fingerprint density at radius 2 is 1.20 bits per heavy atom. The van der Waals surface area contributed by atoms with Gasteiger partial charge < -0.3 is 0 Å². The van der Waals surface area contributed by atoms with Crippen LogP contribution in [0.4, 0.5) is 0 Å². The highest BCUT2D eigenvalue weighted by Gasteiger charge is 2.16. The molecule has 8 aromatic rings. The molecule has 0 bridgehead atoms. The molecule has 0 spiro atoms. The molecule has 0 N–H and O–H groups in total. The summed E-state index contributed by atoms with van der Waals surface area (Å²) in [6, 6.07) is 35.0. The number of nitrogens with zero attached hydrogens (tertiary/aromatic N) is 6. The van der Waals surface area contributed by atoms with Crippen LogP contribution in [0.2, 0.25) is 0 Å². The number of rotatable bonds is 4. The second kappa shape index (κ2) is 9.47. The van der Waals surface area contributed by atoms with Crippen LogP contribution in [0.1, 0.15) is 0 Å². The first-order valence-electron chi connectivity index (χ1n) is 13.4. The topological polar surface area (TPSA) is 68.9 Å². The van der Waals surface area contributed by atoms with E-state index in [1.165, 1.54) is 0 Å². The molecule has 8 rings (SSSR count). The Balaban J connectivity index is 1.29. The van der Waals surface area contributed by atoms with Gasteiger partial charge in [0.2, 0.25) is 0 Å². The average Bonchev–Trinajstić information content (AvgIpc) is 3.45. The van der Waals surface area contributed by atoms with Crippen LogP contribution < -0.4 is 0 Å². The fourth-order valence-electron chi connectivity index (χ4n) is 5.40. The van der Waals surface area contributed by atoms with Crippen LogP contribution in [0.15, 0.2) is 134 Å². The van der Waals surface area contributed by atoms with E-state index in [4.69, 9.17) is 15.0 Å². The molecular formula is C35H22N6. The van der Waals surface area contributed by atoms with Crippen molar-refractivity contribution in [2.45, 2.75) is 0 Å². The SMILES string of the molecule is c1cncc(-c2cc(-c3ccc(-c4nc5ccccc5c5nc6ccccn6c45)cc3)cc(-c3cccnc3)n2)c1. The van der Waals surface area contributed by atoms with Gasteiger partial charge in [0, 0.05) is 53.1 Å². The van der Waals surface area contributed by atoms with Crippen LogP contribution in [0.5, 0.6) is 0 Å². The summed E-state index contributed by atoms with van der Waals surface area (Å²) in [6.07, 6.45) is 9.28. The molecule has 0 amide bonds. The molecule has 6 aromatic heterocycles. The lowest BCUT2D eigenvalue weighted by molar-refractivity contribution is 1.22. The van der Waals surface area contributed by atoms with E-state index in [0.717, 1.165) is 72.5 Å².